The molecule has 3 N–H and O–H groups in total. The number of aromatic nitrogens is 1. The normalized spacial score (nSPS) is 20.1. The number of rotatable bonds is 8. The highest BCUT2D eigenvalue weighted by Crippen LogP contribution is 2.48. The summed E-state index contributed by atoms with van der Waals surface area (Å²) in [5, 5.41) is 18.8. The Balaban J connectivity index is 1.32. The number of nitrogens with zero attached hydrogens (tertiary/aromatic N) is 1. The van der Waals surface area contributed by atoms with Gasteiger partial charge in [-0.3, -0.25) is 4.79 Å². The first-order chi connectivity index (χ1) is 17.6. The summed E-state index contributed by atoms with van der Waals surface area (Å²) < 4.78 is 12.4. The molecule has 0 saturated heterocycles. The maximum Gasteiger partial charge on any atom is 0.218 e. The lowest BCUT2D eigenvalue weighted by Crippen LogP contribution is -2.52. The lowest BCUT2D eigenvalue weighted by molar-refractivity contribution is -0.120. The SMILES string of the molecule is CC(=O)N[C@@H](Cc1cc2ccccc2o1)[C@@H](O)CN[C@H]1CC2(CCC2)Oc2ncc(CC(C)(C)C)cc21. The summed E-state index contributed by atoms with van der Waals surface area (Å²) >= 11 is 0. The third kappa shape index (κ3) is 5.99. The van der Waals surface area contributed by atoms with Crippen molar-refractivity contribution in [1.29, 1.82) is 0 Å². The fourth-order valence-corrected chi connectivity index (χ4v) is 5.65. The Morgan fingerprint density at radius 2 is 2.03 bits per heavy atom. The van der Waals surface area contributed by atoms with Gasteiger partial charge in [0, 0.05) is 49.5 Å². The molecule has 2 aromatic heterocycles. The van der Waals surface area contributed by atoms with Crippen LogP contribution in [-0.4, -0.2) is 40.3 Å². The average Bonchev–Trinajstić information content (AvgIpc) is 3.22. The topological polar surface area (TPSA) is 96.6 Å². The number of nitrogens with one attached hydrogen (secondary N) is 2. The van der Waals surface area contributed by atoms with E-state index in [2.05, 4.69) is 37.5 Å². The van der Waals surface area contributed by atoms with Gasteiger partial charge in [-0.1, -0.05) is 39.0 Å². The van der Waals surface area contributed by atoms with E-state index in [-0.39, 0.29) is 23.0 Å². The van der Waals surface area contributed by atoms with Crippen molar-refractivity contribution in [3.8, 4) is 5.88 Å². The zero-order valence-electron chi connectivity index (χ0n) is 22.3. The van der Waals surface area contributed by atoms with Gasteiger partial charge in [0.05, 0.1) is 12.1 Å². The van der Waals surface area contributed by atoms with E-state index in [1.807, 2.05) is 36.5 Å². The van der Waals surface area contributed by atoms with Crippen molar-refractivity contribution in [3.63, 3.8) is 0 Å². The first-order valence-corrected chi connectivity index (χ1v) is 13.4. The van der Waals surface area contributed by atoms with E-state index in [1.165, 1.54) is 12.5 Å². The van der Waals surface area contributed by atoms with Gasteiger partial charge < -0.3 is 24.9 Å². The molecule has 1 fully saturated rings. The summed E-state index contributed by atoms with van der Waals surface area (Å²) in [6.07, 6.45) is 6.54. The minimum atomic E-state index is -0.800. The van der Waals surface area contributed by atoms with Gasteiger partial charge in [-0.05, 0) is 54.9 Å². The molecular weight excluding hydrogens is 466 g/mol. The highest BCUT2D eigenvalue weighted by Gasteiger charge is 2.46. The second kappa shape index (κ2) is 10.1. The van der Waals surface area contributed by atoms with E-state index in [1.54, 1.807) is 0 Å². The molecule has 3 heterocycles. The van der Waals surface area contributed by atoms with Crippen LogP contribution in [-0.2, 0) is 17.6 Å². The van der Waals surface area contributed by atoms with Crippen molar-refractivity contribution in [3.05, 3.63) is 59.5 Å². The van der Waals surface area contributed by atoms with Crippen LogP contribution in [0.3, 0.4) is 0 Å². The molecule has 7 heteroatoms. The smallest absolute Gasteiger partial charge is 0.218 e. The molecule has 37 heavy (non-hydrogen) atoms. The molecule has 1 amide bonds. The number of fused-ring (bicyclic) bond motifs is 2. The highest BCUT2D eigenvalue weighted by atomic mass is 16.5. The summed E-state index contributed by atoms with van der Waals surface area (Å²) in [7, 11) is 0. The lowest BCUT2D eigenvalue weighted by Gasteiger charge is -2.47. The minimum absolute atomic E-state index is 0.0234. The van der Waals surface area contributed by atoms with Gasteiger partial charge in [-0.2, -0.15) is 0 Å². The van der Waals surface area contributed by atoms with Gasteiger partial charge in [0.25, 0.3) is 0 Å². The van der Waals surface area contributed by atoms with Gasteiger partial charge in [0.15, 0.2) is 0 Å². The fraction of sp³-hybridized carbons (Fsp3) is 0.533. The van der Waals surface area contributed by atoms with Gasteiger partial charge in [-0.25, -0.2) is 4.98 Å². The summed E-state index contributed by atoms with van der Waals surface area (Å²) in [4.78, 5) is 16.7. The molecule has 0 bridgehead atoms. The number of amides is 1. The largest absolute Gasteiger partial charge is 0.471 e. The van der Waals surface area contributed by atoms with Crippen LogP contribution in [0.1, 0.15) is 76.3 Å². The van der Waals surface area contributed by atoms with Gasteiger partial charge >= 0.3 is 0 Å². The first-order valence-electron chi connectivity index (χ1n) is 13.4. The lowest BCUT2D eigenvalue weighted by atomic mass is 9.73. The van der Waals surface area contributed by atoms with E-state index >= 15 is 0 Å². The second-order valence-electron chi connectivity index (χ2n) is 12.1. The fourth-order valence-electron chi connectivity index (χ4n) is 5.65. The van der Waals surface area contributed by atoms with Crippen LogP contribution in [0.2, 0.25) is 0 Å². The van der Waals surface area contributed by atoms with Crippen LogP contribution in [0.15, 0.2) is 47.0 Å². The summed E-state index contributed by atoms with van der Waals surface area (Å²) in [5.41, 5.74) is 3.03. The summed E-state index contributed by atoms with van der Waals surface area (Å²) in [6.45, 7) is 8.48. The van der Waals surface area contributed by atoms with Gasteiger partial charge in [0.2, 0.25) is 11.8 Å². The van der Waals surface area contributed by atoms with Crippen LogP contribution in [0.4, 0.5) is 0 Å². The monoisotopic (exact) mass is 505 g/mol. The maximum absolute atomic E-state index is 12.0. The molecule has 5 rings (SSSR count). The molecule has 2 aliphatic rings. The molecule has 1 spiro atoms. The number of carbonyl (C=O) groups excluding carboxylic acids is 1. The molecule has 1 aliphatic carbocycles. The quantitative estimate of drug-likeness (QED) is 0.405. The average molecular weight is 506 g/mol. The van der Waals surface area contributed by atoms with Crippen molar-refractivity contribution in [2.24, 2.45) is 5.41 Å². The number of ether oxygens (including phenoxy) is 1. The molecule has 1 saturated carbocycles. The van der Waals surface area contributed by atoms with Crippen molar-refractivity contribution >= 4 is 16.9 Å². The standard InChI is InChI=1S/C30H39N3O4/c1-19(34)33-24(14-22-13-21-8-5-6-9-27(21)36-22)26(35)18-31-25-16-30(10-7-11-30)37-28-23(25)12-20(17-32-28)15-29(2,3)4/h5-6,8-9,12-13,17,24-26,31,35H,7,10-11,14-16,18H2,1-4H3,(H,33,34)/t24-,25-,26-/m0/s1. The number of pyridine rings is 1. The van der Waals surface area contributed by atoms with E-state index in [0.717, 1.165) is 54.4 Å². The molecule has 3 aromatic rings. The van der Waals surface area contributed by atoms with Crippen LogP contribution in [0, 0.1) is 5.41 Å². The van der Waals surface area contributed by atoms with Crippen molar-refractivity contribution < 1.29 is 19.1 Å². The second-order valence-corrected chi connectivity index (χ2v) is 12.1. The summed E-state index contributed by atoms with van der Waals surface area (Å²) in [6, 6.07) is 11.5. The number of hydrogen-bond donors (Lipinski definition) is 3. The highest BCUT2D eigenvalue weighted by molar-refractivity contribution is 5.77. The Kier molecular flexibility index (Phi) is 7.03. The van der Waals surface area contributed by atoms with Gasteiger partial charge in [0.1, 0.15) is 16.9 Å². The van der Waals surface area contributed by atoms with Crippen molar-refractivity contribution in [2.45, 2.75) is 90.0 Å². The molecule has 198 valence electrons. The molecule has 3 atom stereocenters. The Morgan fingerprint density at radius 3 is 2.70 bits per heavy atom. The molecule has 1 aromatic carbocycles. The van der Waals surface area contributed by atoms with Crippen LogP contribution < -0.4 is 15.4 Å². The predicted octanol–water partition coefficient (Wildman–Crippen LogP) is 4.86. The molecule has 0 radical (unpaired) electrons. The molecule has 0 unspecified atom stereocenters. The van der Waals surface area contributed by atoms with Crippen LogP contribution >= 0.6 is 0 Å². The minimum Gasteiger partial charge on any atom is -0.471 e. The third-order valence-corrected chi connectivity index (χ3v) is 7.52. The first kappa shape index (κ1) is 25.7. The molecule has 1 aliphatic heterocycles. The van der Waals surface area contributed by atoms with E-state index in [9.17, 15) is 9.90 Å². The predicted molar refractivity (Wildman–Crippen MR) is 143 cm³/mol. The van der Waals surface area contributed by atoms with Crippen molar-refractivity contribution in [1.82, 2.24) is 15.6 Å². The van der Waals surface area contributed by atoms with Crippen molar-refractivity contribution in [2.75, 3.05) is 6.54 Å². The number of aliphatic hydroxyl groups is 1. The Morgan fingerprint density at radius 1 is 1.24 bits per heavy atom. The van der Waals surface area contributed by atoms with E-state index in [4.69, 9.17) is 14.1 Å². The zero-order valence-corrected chi connectivity index (χ0v) is 22.3. The number of para-hydroxylation sites is 1. The van der Waals surface area contributed by atoms with Crippen LogP contribution in [0.25, 0.3) is 11.0 Å². The number of aliphatic hydroxyl groups excluding tert-OH is 1. The third-order valence-electron chi connectivity index (χ3n) is 7.52. The Labute approximate surface area is 219 Å². The summed E-state index contributed by atoms with van der Waals surface area (Å²) in [5.74, 6) is 1.26. The van der Waals surface area contributed by atoms with Gasteiger partial charge in [-0.15, -0.1) is 0 Å². The number of carbonyl (C=O) groups is 1. The van der Waals surface area contributed by atoms with E-state index in [0.29, 0.717) is 18.8 Å². The Bertz CT molecular complexity index is 1220. The maximum atomic E-state index is 12.0. The number of benzene rings is 1. The number of hydrogen-bond acceptors (Lipinski definition) is 6. The number of furan rings is 1. The van der Waals surface area contributed by atoms with E-state index < -0.39 is 12.1 Å². The zero-order chi connectivity index (χ0) is 26.2. The molecule has 7 nitrogen and oxygen atoms in total. The van der Waals surface area contributed by atoms with Crippen LogP contribution in [0.5, 0.6) is 5.88 Å². The Hall–Kier alpha value is -2.90. The molecular formula is C30H39N3O4.